The molecule has 28 heavy (non-hydrogen) atoms. The standard InChI is InChI=1S/C18H20F2N6OS/c1-12-23-24-17(28-12)9-25-4-6-26(7-5-25)13-2-3-15-14(8-13)18(22-11-21-15)27-10-16(19)20/h2-3,8,11,16H,4-7,9-10H2,1H3. The largest absolute Gasteiger partial charge is 0.471 e. The Labute approximate surface area is 165 Å². The first-order chi connectivity index (χ1) is 13.6. The summed E-state index contributed by atoms with van der Waals surface area (Å²) in [6.45, 7) is 5.65. The monoisotopic (exact) mass is 406 g/mol. The van der Waals surface area contributed by atoms with E-state index in [9.17, 15) is 8.78 Å². The van der Waals surface area contributed by atoms with Crippen molar-refractivity contribution in [2.24, 2.45) is 0 Å². The Bertz CT molecular complexity index is 945. The van der Waals surface area contributed by atoms with Gasteiger partial charge in [-0.3, -0.25) is 4.90 Å². The van der Waals surface area contributed by atoms with Gasteiger partial charge >= 0.3 is 0 Å². The maximum atomic E-state index is 12.5. The van der Waals surface area contributed by atoms with Crippen LogP contribution in [0.15, 0.2) is 24.5 Å². The number of anilines is 1. The topological polar surface area (TPSA) is 67.3 Å². The van der Waals surface area contributed by atoms with Crippen LogP contribution in [0.5, 0.6) is 5.88 Å². The first-order valence-electron chi connectivity index (χ1n) is 9.00. The van der Waals surface area contributed by atoms with E-state index in [1.807, 2.05) is 25.1 Å². The zero-order valence-electron chi connectivity index (χ0n) is 15.4. The Balaban J connectivity index is 1.45. The van der Waals surface area contributed by atoms with Crippen LogP contribution in [0.25, 0.3) is 10.9 Å². The molecule has 0 amide bonds. The third-order valence-electron chi connectivity index (χ3n) is 4.59. The zero-order valence-corrected chi connectivity index (χ0v) is 16.2. The van der Waals surface area contributed by atoms with E-state index in [1.165, 1.54) is 6.33 Å². The molecule has 4 rings (SSSR count). The average molecular weight is 406 g/mol. The summed E-state index contributed by atoms with van der Waals surface area (Å²) >= 11 is 1.63. The summed E-state index contributed by atoms with van der Waals surface area (Å²) in [6, 6.07) is 5.79. The highest BCUT2D eigenvalue weighted by Gasteiger charge is 2.19. The van der Waals surface area contributed by atoms with Crippen LogP contribution in [0.2, 0.25) is 0 Å². The number of alkyl halides is 2. The summed E-state index contributed by atoms with van der Waals surface area (Å²) in [5.74, 6) is 0.192. The van der Waals surface area contributed by atoms with E-state index in [0.29, 0.717) is 10.9 Å². The number of hydrogen-bond donors (Lipinski definition) is 0. The minimum absolute atomic E-state index is 0.192. The number of benzene rings is 1. The number of aromatic nitrogens is 4. The molecule has 7 nitrogen and oxygen atoms in total. The van der Waals surface area contributed by atoms with Crippen LogP contribution < -0.4 is 9.64 Å². The van der Waals surface area contributed by atoms with Crippen LogP contribution in [0.3, 0.4) is 0 Å². The fraction of sp³-hybridized carbons (Fsp3) is 0.444. The molecule has 1 aliphatic rings. The van der Waals surface area contributed by atoms with Gasteiger partial charge in [-0.1, -0.05) is 0 Å². The highest BCUT2D eigenvalue weighted by atomic mass is 32.1. The molecule has 0 saturated carbocycles. The van der Waals surface area contributed by atoms with Crippen molar-refractivity contribution in [1.29, 1.82) is 0 Å². The lowest BCUT2D eigenvalue weighted by Crippen LogP contribution is -2.45. The van der Waals surface area contributed by atoms with E-state index < -0.39 is 13.0 Å². The molecule has 3 heterocycles. The number of rotatable bonds is 6. The lowest BCUT2D eigenvalue weighted by Gasteiger charge is -2.35. The van der Waals surface area contributed by atoms with Crippen LogP contribution in [0.4, 0.5) is 14.5 Å². The molecule has 2 aromatic heterocycles. The Kier molecular flexibility index (Phi) is 5.58. The number of nitrogens with zero attached hydrogens (tertiary/aromatic N) is 6. The predicted molar refractivity (Wildman–Crippen MR) is 103 cm³/mol. The van der Waals surface area contributed by atoms with Gasteiger partial charge in [-0.15, -0.1) is 21.5 Å². The van der Waals surface area contributed by atoms with Gasteiger partial charge in [-0.05, 0) is 25.1 Å². The lowest BCUT2D eigenvalue weighted by molar-refractivity contribution is 0.0804. The van der Waals surface area contributed by atoms with Crippen LogP contribution in [0.1, 0.15) is 10.0 Å². The molecule has 1 aliphatic heterocycles. The molecule has 0 bridgehead atoms. The van der Waals surface area contributed by atoms with Gasteiger partial charge in [-0.2, -0.15) is 0 Å². The number of piperazine rings is 1. The third kappa shape index (κ3) is 4.33. The van der Waals surface area contributed by atoms with Crippen LogP contribution >= 0.6 is 11.3 Å². The molecule has 0 unspecified atom stereocenters. The fourth-order valence-corrected chi connectivity index (χ4v) is 3.98. The second-order valence-corrected chi connectivity index (χ2v) is 7.83. The van der Waals surface area contributed by atoms with Gasteiger partial charge in [-0.25, -0.2) is 18.7 Å². The summed E-state index contributed by atoms with van der Waals surface area (Å²) in [6.07, 6.45) is -1.21. The minimum Gasteiger partial charge on any atom is -0.471 e. The lowest BCUT2D eigenvalue weighted by atomic mass is 10.2. The Hall–Kier alpha value is -2.46. The molecule has 10 heteroatoms. The maximum Gasteiger partial charge on any atom is 0.272 e. The number of halogens is 2. The second kappa shape index (κ2) is 8.27. The maximum absolute atomic E-state index is 12.5. The Morgan fingerprint density at radius 2 is 1.96 bits per heavy atom. The van der Waals surface area contributed by atoms with Crippen molar-refractivity contribution in [3.8, 4) is 5.88 Å². The predicted octanol–water partition coefficient (Wildman–Crippen LogP) is 2.76. The molecule has 1 saturated heterocycles. The normalized spacial score (nSPS) is 15.5. The molecule has 148 valence electrons. The molecule has 1 fully saturated rings. The van der Waals surface area contributed by atoms with Gasteiger partial charge in [0.05, 0.1) is 17.4 Å². The molecule has 0 radical (unpaired) electrons. The highest BCUT2D eigenvalue weighted by Crippen LogP contribution is 2.28. The number of aryl methyl sites for hydroxylation is 1. The first kappa shape index (κ1) is 18.9. The van der Waals surface area contributed by atoms with Gasteiger partial charge < -0.3 is 9.64 Å². The van der Waals surface area contributed by atoms with Crippen LogP contribution in [0, 0.1) is 6.92 Å². The number of ether oxygens (including phenoxy) is 1. The Morgan fingerprint density at radius 1 is 1.14 bits per heavy atom. The molecular weight excluding hydrogens is 386 g/mol. The molecule has 0 atom stereocenters. The summed E-state index contributed by atoms with van der Waals surface area (Å²) in [5, 5.41) is 10.9. The second-order valence-electron chi connectivity index (χ2n) is 6.56. The van der Waals surface area contributed by atoms with Crippen molar-refractivity contribution in [3.63, 3.8) is 0 Å². The zero-order chi connectivity index (χ0) is 19.5. The SMILES string of the molecule is Cc1nnc(CN2CCN(c3ccc4ncnc(OCC(F)F)c4c3)CC2)s1. The molecular formula is C18H20F2N6OS. The van der Waals surface area contributed by atoms with Crippen LogP contribution in [-0.4, -0.2) is 64.3 Å². The quantitative estimate of drug-likeness (QED) is 0.624. The van der Waals surface area contributed by atoms with Gasteiger partial charge in [0.2, 0.25) is 5.88 Å². The minimum atomic E-state index is -2.54. The number of fused-ring (bicyclic) bond motifs is 1. The van der Waals surface area contributed by atoms with E-state index >= 15 is 0 Å². The van der Waals surface area contributed by atoms with E-state index in [0.717, 1.165) is 48.4 Å². The molecule has 0 spiro atoms. The molecule has 0 N–H and O–H groups in total. The van der Waals surface area contributed by atoms with Crippen molar-refractivity contribution in [2.45, 2.75) is 19.9 Å². The van der Waals surface area contributed by atoms with E-state index in [4.69, 9.17) is 4.74 Å². The smallest absolute Gasteiger partial charge is 0.272 e. The van der Waals surface area contributed by atoms with Gasteiger partial charge in [0.15, 0.2) is 6.61 Å². The van der Waals surface area contributed by atoms with E-state index in [1.54, 1.807) is 11.3 Å². The van der Waals surface area contributed by atoms with Gasteiger partial charge in [0, 0.05) is 31.9 Å². The van der Waals surface area contributed by atoms with Crippen molar-refractivity contribution in [1.82, 2.24) is 25.1 Å². The molecule has 0 aliphatic carbocycles. The molecule has 3 aromatic rings. The summed E-state index contributed by atoms with van der Waals surface area (Å²) < 4.78 is 30.2. The highest BCUT2D eigenvalue weighted by molar-refractivity contribution is 7.11. The van der Waals surface area contributed by atoms with Gasteiger partial charge in [0.25, 0.3) is 6.43 Å². The number of hydrogen-bond acceptors (Lipinski definition) is 8. The Morgan fingerprint density at radius 3 is 2.68 bits per heavy atom. The van der Waals surface area contributed by atoms with E-state index in [2.05, 4.69) is 30.0 Å². The van der Waals surface area contributed by atoms with Gasteiger partial charge in [0.1, 0.15) is 16.3 Å². The fourth-order valence-electron chi connectivity index (χ4n) is 3.23. The van der Waals surface area contributed by atoms with Crippen molar-refractivity contribution < 1.29 is 13.5 Å². The van der Waals surface area contributed by atoms with Crippen molar-refractivity contribution in [2.75, 3.05) is 37.7 Å². The van der Waals surface area contributed by atoms with Crippen molar-refractivity contribution >= 4 is 27.9 Å². The van der Waals surface area contributed by atoms with Crippen LogP contribution in [-0.2, 0) is 6.54 Å². The molecule has 1 aromatic carbocycles. The summed E-state index contributed by atoms with van der Waals surface area (Å²) in [5.41, 5.74) is 1.68. The average Bonchev–Trinajstić information content (AvgIpc) is 3.11. The van der Waals surface area contributed by atoms with Crippen molar-refractivity contribution in [3.05, 3.63) is 34.5 Å². The third-order valence-corrected chi connectivity index (χ3v) is 5.42. The first-order valence-corrected chi connectivity index (χ1v) is 9.82. The summed E-state index contributed by atoms with van der Waals surface area (Å²) in [7, 11) is 0. The summed E-state index contributed by atoms with van der Waals surface area (Å²) in [4.78, 5) is 12.8. The van der Waals surface area contributed by atoms with E-state index in [-0.39, 0.29) is 5.88 Å².